The summed E-state index contributed by atoms with van der Waals surface area (Å²) in [4.78, 5) is 2.46. The van der Waals surface area contributed by atoms with E-state index in [1.807, 2.05) is 6.92 Å². The number of morpholine rings is 1. The molecule has 0 saturated carbocycles. The normalized spacial score (nSPS) is 18.6. The first-order valence-electron chi connectivity index (χ1n) is 6.98. The summed E-state index contributed by atoms with van der Waals surface area (Å²) in [6.07, 6.45) is 0. The van der Waals surface area contributed by atoms with Crippen LogP contribution in [-0.4, -0.2) is 52.2 Å². The lowest BCUT2D eigenvalue weighted by atomic mass is 10.2. The Kier molecular flexibility index (Phi) is 5.62. The van der Waals surface area contributed by atoms with Crippen molar-refractivity contribution in [2.75, 3.05) is 32.8 Å². The number of benzene rings is 1. The van der Waals surface area contributed by atoms with Crippen molar-refractivity contribution in [3.8, 4) is 0 Å². The van der Waals surface area contributed by atoms with Crippen molar-refractivity contribution < 1.29 is 13.2 Å². The third-order valence-corrected chi connectivity index (χ3v) is 5.72. The summed E-state index contributed by atoms with van der Waals surface area (Å²) in [5, 5.41) is 0.458. The molecule has 0 bridgehead atoms. The lowest BCUT2D eigenvalue weighted by Gasteiger charge is -2.32. The van der Waals surface area contributed by atoms with Gasteiger partial charge in [-0.2, -0.15) is 0 Å². The third kappa shape index (κ3) is 4.17. The van der Waals surface area contributed by atoms with Crippen LogP contribution in [0, 0.1) is 6.92 Å². The van der Waals surface area contributed by atoms with Crippen molar-refractivity contribution in [2.45, 2.75) is 24.8 Å². The second kappa shape index (κ2) is 7.07. The van der Waals surface area contributed by atoms with E-state index in [9.17, 15) is 8.42 Å². The highest BCUT2D eigenvalue weighted by molar-refractivity contribution is 7.89. The van der Waals surface area contributed by atoms with Crippen molar-refractivity contribution >= 4 is 21.6 Å². The van der Waals surface area contributed by atoms with Crippen LogP contribution in [0.15, 0.2) is 23.1 Å². The minimum Gasteiger partial charge on any atom is -0.379 e. The molecule has 0 aliphatic carbocycles. The summed E-state index contributed by atoms with van der Waals surface area (Å²) in [6.45, 7) is 7.16. The summed E-state index contributed by atoms with van der Waals surface area (Å²) in [5.74, 6) is 0. The SMILES string of the molecule is Cc1c(Cl)cccc1S(=O)(=O)NC[C@@H](C)N1CCOCC1. The fourth-order valence-corrected chi connectivity index (χ4v) is 3.95. The number of ether oxygens (including phenoxy) is 1. The maximum atomic E-state index is 12.4. The minimum atomic E-state index is -3.54. The predicted molar refractivity (Wildman–Crippen MR) is 83.2 cm³/mol. The number of rotatable bonds is 5. The fourth-order valence-electron chi connectivity index (χ4n) is 2.33. The fraction of sp³-hybridized carbons (Fsp3) is 0.571. The van der Waals surface area contributed by atoms with Crippen LogP contribution in [0.3, 0.4) is 0 Å². The topological polar surface area (TPSA) is 58.6 Å². The van der Waals surface area contributed by atoms with Crippen LogP contribution in [0.1, 0.15) is 12.5 Å². The molecule has 118 valence electrons. The van der Waals surface area contributed by atoms with Gasteiger partial charge in [0.05, 0.1) is 18.1 Å². The molecule has 1 heterocycles. The van der Waals surface area contributed by atoms with Crippen molar-refractivity contribution in [1.82, 2.24) is 9.62 Å². The van der Waals surface area contributed by atoms with Gasteiger partial charge in [-0.25, -0.2) is 13.1 Å². The van der Waals surface area contributed by atoms with Crippen LogP contribution >= 0.6 is 11.6 Å². The number of nitrogens with one attached hydrogen (secondary N) is 1. The molecule has 1 aromatic carbocycles. The summed E-state index contributed by atoms with van der Waals surface area (Å²) >= 11 is 5.99. The van der Waals surface area contributed by atoms with Gasteiger partial charge in [0.15, 0.2) is 0 Å². The number of nitrogens with zero attached hydrogens (tertiary/aromatic N) is 1. The van der Waals surface area contributed by atoms with Crippen molar-refractivity contribution in [3.05, 3.63) is 28.8 Å². The molecular weight excluding hydrogens is 312 g/mol. The Morgan fingerprint density at radius 3 is 2.71 bits per heavy atom. The van der Waals surface area contributed by atoms with Gasteiger partial charge >= 0.3 is 0 Å². The molecule has 1 atom stereocenters. The molecule has 2 rings (SSSR count). The number of hydrogen-bond donors (Lipinski definition) is 1. The molecule has 0 radical (unpaired) electrons. The van der Waals surface area contributed by atoms with Crippen molar-refractivity contribution in [3.63, 3.8) is 0 Å². The van der Waals surface area contributed by atoms with E-state index < -0.39 is 10.0 Å². The van der Waals surface area contributed by atoms with E-state index in [0.717, 1.165) is 13.1 Å². The Morgan fingerprint density at radius 2 is 2.05 bits per heavy atom. The molecule has 0 aromatic heterocycles. The second-order valence-corrected chi connectivity index (χ2v) is 7.35. The van der Waals surface area contributed by atoms with E-state index in [-0.39, 0.29) is 10.9 Å². The van der Waals surface area contributed by atoms with Crippen LogP contribution in [0.2, 0.25) is 5.02 Å². The maximum Gasteiger partial charge on any atom is 0.240 e. The first kappa shape index (κ1) is 16.7. The van der Waals surface area contributed by atoms with E-state index in [0.29, 0.717) is 30.3 Å². The molecule has 1 saturated heterocycles. The highest BCUT2D eigenvalue weighted by Gasteiger charge is 2.22. The summed E-state index contributed by atoms with van der Waals surface area (Å²) in [7, 11) is -3.54. The lowest BCUT2D eigenvalue weighted by molar-refractivity contribution is 0.0213. The Balaban J connectivity index is 2.02. The van der Waals surface area contributed by atoms with Gasteiger partial charge in [-0.1, -0.05) is 17.7 Å². The van der Waals surface area contributed by atoms with Gasteiger partial charge in [-0.05, 0) is 31.5 Å². The van der Waals surface area contributed by atoms with E-state index in [4.69, 9.17) is 16.3 Å². The van der Waals surface area contributed by atoms with E-state index in [1.54, 1.807) is 25.1 Å². The molecule has 1 aromatic rings. The van der Waals surface area contributed by atoms with Crippen LogP contribution in [-0.2, 0) is 14.8 Å². The van der Waals surface area contributed by atoms with Crippen LogP contribution in [0.4, 0.5) is 0 Å². The Hall–Kier alpha value is -0.660. The molecular formula is C14H21ClN2O3S. The largest absolute Gasteiger partial charge is 0.379 e. The van der Waals surface area contributed by atoms with Gasteiger partial charge in [0.25, 0.3) is 0 Å². The Morgan fingerprint density at radius 1 is 1.38 bits per heavy atom. The summed E-state index contributed by atoms with van der Waals surface area (Å²) in [6, 6.07) is 5.04. The Bertz CT molecular complexity index is 586. The molecule has 1 fully saturated rings. The standard InChI is InChI=1S/C14H21ClN2O3S/c1-11(17-6-8-20-9-7-17)10-16-21(18,19)14-5-3-4-13(15)12(14)2/h3-5,11,16H,6-10H2,1-2H3/t11-/m1/s1. The second-order valence-electron chi connectivity index (χ2n) is 5.21. The Labute approximate surface area is 131 Å². The zero-order valence-corrected chi connectivity index (χ0v) is 13.9. The van der Waals surface area contributed by atoms with E-state index in [1.165, 1.54) is 0 Å². The average Bonchev–Trinajstić information content (AvgIpc) is 2.48. The lowest BCUT2D eigenvalue weighted by Crippen LogP contribution is -2.47. The van der Waals surface area contributed by atoms with Crippen LogP contribution in [0.25, 0.3) is 0 Å². The molecule has 7 heteroatoms. The van der Waals surface area contributed by atoms with Crippen LogP contribution in [0.5, 0.6) is 0 Å². The zero-order chi connectivity index (χ0) is 15.5. The summed E-state index contributed by atoms with van der Waals surface area (Å²) in [5.41, 5.74) is 0.575. The minimum absolute atomic E-state index is 0.128. The first-order chi connectivity index (χ1) is 9.92. The van der Waals surface area contributed by atoms with Crippen molar-refractivity contribution in [1.29, 1.82) is 0 Å². The van der Waals surface area contributed by atoms with Gasteiger partial charge in [0, 0.05) is 30.7 Å². The molecule has 1 aliphatic rings. The number of sulfonamides is 1. The molecule has 0 spiro atoms. The average molecular weight is 333 g/mol. The molecule has 1 N–H and O–H groups in total. The molecule has 21 heavy (non-hydrogen) atoms. The van der Waals surface area contributed by atoms with Gasteiger partial charge in [0.1, 0.15) is 0 Å². The molecule has 5 nitrogen and oxygen atoms in total. The quantitative estimate of drug-likeness (QED) is 0.890. The summed E-state index contributed by atoms with van der Waals surface area (Å²) < 4.78 is 32.7. The number of hydrogen-bond acceptors (Lipinski definition) is 4. The van der Waals surface area contributed by atoms with E-state index >= 15 is 0 Å². The first-order valence-corrected chi connectivity index (χ1v) is 8.84. The third-order valence-electron chi connectivity index (χ3n) is 3.75. The van der Waals surface area contributed by atoms with Gasteiger partial charge in [-0.15, -0.1) is 0 Å². The molecule has 1 aliphatic heterocycles. The highest BCUT2D eigenvalue weighted by atomic mass is 35.5. The monoisotopic (exact) mass is 332 g/mol. The number of halogens is 1. The highest BCUT2D eigenvalue weighted by Crippen LogP contribution is 2.22. The zero-order valence-electron chi connectivity index (χ0n) is 12.3. The van der Waals surface area contributed by atoms with Gasteiger partial charge in [0.2, 0.25) is 10.0 Å². The van der Waals surface area contributed by atoms with E-state index in [2.05, 4.69) is 9.62 Å². The predicted octanol–water partition coefficient (Wildman–Crippen LogP) is 1.65. The van der Waals surface area contributed by atoms with Gasteiger partial charge < -0.3 is 4.74 Å². The molecule has 0 unspecified atom stereocenters. The maximum absolute atomic E-state index is 12.4. The van der Waals surface area contributed by atoms with Crippen LogP contribution < -0.4 is 4.72 Å². The van der Waals surface area contributed by atoms with Crippen molar-refractivity contribution in [2.24, 2.45) is 0 Å². The molecule has 0 amide bonds. The van der Waals surface area contributed by atoms with Gasteiger partial charge in [-0.3, -0.25) is 4.90 Å². The smallest absolute Gasteiger partial charge is 0.240 e.